The van der Waals surface area contributed by atoms with Gasteiger partial charge < -0.3 is 0 Å². The third kappa shape index (κ3) is 2.94. The fourth-order valence-corrected chi connectivity index (χ4v) is 4.65. The minimum Gasteiger partial charge on any atom is -0.285 e. The Hall–Kier alpha value is -3.51. The van der Waals surface area contributed by atoms with E-state index in [1.54, 1.807) is 24.3 Å². The largest absolute Gasteiger partial charge is 0.285 e. The van der Waals surface area contributed by atoms with Gasteiger partial charge in [0.05, 0.1) is 6.20 Å². The van der Waals surface area contributed by atoms with Crippen molar-refractivity contribution in [3.63, 3.8) is 0 Å². The van der Waals surface area contributed by atoms with Crippen molar-refractivity contribution in [3.05, 3.63) is 71.4 Å². The molecular formula is C22H15F2N3O3S. The molecule has 2 aromatic carbocycles. The maximum absolute atomic E-state index is 15.0. The van der Waals surface area contributed by atoms with E-state index in [9.17, 15) is 13.2 Å². The average molecular weight is 439 g/mol. The third-order valence-electron chi connectivity index (χ3n) is 5.41. The summed E-state index contributed by atoms with van der Waals surface area (Å²) >= 11 is 0. The Morgan fingerprint density at radius 2 is 1.65 bits per heavy atom. The Balaban J connectivity index is 1.60. The second-order valence-electron chi connectivity index (χ2n) is 7.58. The fourth-order valence-electron chi connectivity index (χ4n) is 3.82. The second-order valence-corrected chi connectivity index (χ2v) is 9.54. The van der Waals surface area contributed by atoms with Gasteiger partial charge >= 0.3 is 0 Å². The standard InChI is InChI=1S/C22H15F2N3O3S/c1-31(29,30)18-13-25-21-26(20(28)22(9-10-22)27(18)21)19-16(23)11-15(12-17(19)24)8-7-14-5-3-2-4-6-14/h2-6,11-13H,9-10H2,1H3. The number of rotatable bonds is 2. The van der Waals surface area contributed by atoms with Crippen LogP contribution >= 0.6 is 0 Å². The summed E-state index contributed by atoms with van der Waals surface area (Å²) < 4.78 is 55.6. The number of fused-ring (bicyclic) bond motifs is 2. The number of anilines is 2. The molecule has 6 nitrogen and oxygen atoms in total. The number of aromatic nitrogens is 2. The summed E-state index contributed by atoms with van der Waals surface area (Å²) in [6, 6.07) is 11.1. The van der Waals surface area contributed by atoms with Gasteiger partial charge in [0.25, 0.3) is 5.91 Å². The predicted molar refractivity (Wildman–Crippen MR) is 108 cm³/mol. The highest BCUT2D eigenvalue weighted by molar-refractivity contribution is 7.90. The monoisotopic (exact) mass is 439 g/mol. The van der Waals surface area contributed by atoms with Crippen LogP contribution in [0.1, 0.15) is 24.0 Å². The highest BCUT2D eigenvalue weighted by atomic mass is 32.2. The van der Waals surface area contributed by atoms with E-state index in [1.165, 1.54) is 4.57 Å². The number of imidazole rings is 1. The number of nitrogens with zero attached hydrogens (tertiary/aromatic N) is 3. The van der Waals surface area contributed by atoms with Crippen LogP contribution < -0.4 is 4.90 Å². The van der Waals surface area contributed by atoms with Gasteiger partial charge in [-0.15, -0.1) is 0 Å². The summed E-state index contributed by atoms with van der Waals surface area (Å²) in [7, 11) is -3.69. The van der Waals surface area contributed by atoms with Crippen molar-refractivity contribution in [2.75, 3.05) is 11.2 Å². The molecule has 3 aromatic rings. The summed E-state index contributed by atoms with van der Waals surface area (Å²) in [5, 5.41) is -0.151. The molecule has 0 radical (unpaired) electrons. The Morgan fingerprint density at radius 3 is 2.23 bits per heavy atom. The smallest absolute Gasteiger partial charge is 0.260 e. The molecule has 31 heavy (non-hydrogen) atoms. The molecule has 1 aliphatic heterocycles. The van der Waals surface area contributed by atoms with E-state index < -0.39 is 38.6 Å². The van der Waals surface area contributed by atoms with Gasteiger partial charge in [-0.3, -0.25) is 9.36 Å². The van der Waals surface area contributed by atoms with Crippen molar-refractivity contribution in [2.24, 2.45) is 0 Å². The molecule has 1 amide bonds. The van der Waals surface area contributed by atoms with Crippen LogP contribution in [0.25, 0.3) is 0 Å². The van der Waals surface area contributed by atoms with Crippen molar-refractivity contribution in [2.45, 2.75) is 23.4 Å². The average Bonchev–Trinajstić information content (AvgIpc) is 3.34. The summed E-state index contributed by atoms with van der Waals surface area (Å²) in [4.78, 5) is 17.9. The van der Waals surface area contributed by atoms with E-state index in [4.69, 9.17) is 0 Å². The molecule has 0 atom stereocenters. The summed E-state index contributed by atoms with van der Waals surface area (Å²) in [6.07, 6.45) is 2.86. The van der Waals surface area contributed by atoms with Crippen LogP contribution in [0.4, 0.5) is 20.4 Å². The van der Waals surface area contributed by atoms with Crippen LogP contribution in [-0.2, 0) is 20.2 Å². The lowest BCUT2D eigenvalue weighted by Crippen LogP contribution is -2.32. The molecule has 0 unspecified atom stereocenters. The number of halogens is 2. The number of carbonyl (C=O) groups is 1. The molecule has 2 aliphatic rings. The molecule has 2 heterocycles. The van der Waals surface area contributed by atoms with E-state index >= 15 is 8.78 Å². The van der Waals surface area contributed by atoms with Crippen molar-refractivity contribution in [1.29, 1.82) is 0 Å². The van der Waals surface area contributed by atoms with Gasteiger partial charge in [0.15, 0.2) is 26.5 Å². The summed E-state index contributed by atoms with van der Waals surface area (Å²) in [6.45, 7) is 0. The quantitative estimate of drug-likeness (QED) is 0.576. The van der Waals surface area contributed by atoms with Gasteiger partial charge in [-0.1, -0.05) is 30.0 Å². The van der Waals surface area contributed by atoms with Gasteiger partial charge in [0.2, 0.25) is 5.95 Å². The van der Waals surface area contributed by atoms with Crippen molar-refractivity contribution in [1.82, 2.24) is 9.55 Å². The highest BCUT2D eigenvalue weighted by Gasteiger charge is 2.62. The Morgan fingerprint density at radius 1 is 1.03 bits per heavy atom. The van der Waals surface area contributed by atoms with Crippen molar-refractivity contribution >= 4 is 27.4 Å². The zero-order valence-corrected chi connectivity index (χ0v) is 17.1. The molecule has 1 aliphatic carbocycles. The first-order chi connectivity index (χ1) is 14.7. The van der Waals surface area contributed by atoms with Gasteiger partial charge in [-0.2, -0.15) is 0 Å². The first kappa shape index (κ1) is 19.5. The number of amides is 1. The molecule has 1 saturated carbocycles. The minimum absolute atomic E-state index is 0.107. The van der Waals surface area contributed by atoms with E-state index in [0.29, 0.717) is 18.4 Å². The molecular weight excluding hydrogens is 424 g/mol. The van der Waals surface area contributed by atoms with Crippen LogP contribution in [0.15, 0.2) is 53.7 Å². The number of hydrogen-bond acceptors (Lipinski definition) is 4. The fraction of sp³-hybridized carbons (Fsp3) is 0.182. The molecule has 156 valence electrons. The van der Waals surface area contributed by atoms with E-state index in [1.807, 2.05) is 6.07 Å². The van der Waals surface area contributed by atoms with Crippen molar-refractivity contribution in [3.8, 4) is 11.8 Å². The number of benzene rings is 2. The topological polar surface area (TPSA) is 72.3 Å². The van der Waals surface area contributed by atoms with Gasteiger partial charge in [0.1, 0.15) is 11.2 Å². The Labute approximate surface area is 177 Å². The molecule has 9 heteroatoms. The van der Waals surface area contributed by atoms with E-state index in [0.717, 1.165) is 29.5 Å². The lowest BCUT2D eigenvalue weighted by molar-refractivity contribution is -0.121. The van der Waals surface area contributed by atoms with Crippen LogP contribution in [0, 0.1) is 23.5 Å². The summed E-state index contributed by atoms with van der Waals surface area (Å²) in [5.74, 6) is 2.86. The van der Waals surface area contributed by atoms with Crippen LogP contribution in [-0.4, -0.2) is 30.1 Å². The van der Waals surface area contributed by atoms with Gasteiger partial charge in [-0.05, 0) is 37.1 Å². The van der Waals surface area contributed by atoms with Gasteiger partial charge in [-0.25, -0.2) is 27.1 Å². The molecule has 1 fully saturated rings. The van der Waals surface area contributed by atoms with Crippen molar-refractivity contribution < 1.29 is 22.0 Å². The first-order valence-corrected chi connectivity index (χ1v) is 11.3. The molecule has 1 spiro atoms. The normalized spacial score (nSPS) is 16.2. The number of carbonyl (C=O) groups excluding carboxylic acids is 1. The predicted octanol–water partition coefficient (Wildman–Crippen LogP) is 3.13. The van der Waals surface area contributed by atoms with E-state index in [2.05, 4.69) is 16.8 Å². The van der Waals surface area contributed by atoms with Crippen LogP contribution in [0.2, 0.25) is 0 Å². The number of hydrogen-bond donors (Lipinski definition) is 0. The van der Waals surface area contributed by atoms with Crippen LogP contribution in [0.3, 0.4) is 0 Å². The molecule has 0 N–H and O–H groups in total. The third-order valence-corrected chi connectivity index (χ3v) is 6.46. The lowest BCUT2D eigenvalue weighted by Gasteiger charge is -2.17. The maximum Gasteiger partial charge on any atom is 0.260 e. The van der Waals surface area contributed by atoms with Crippen LogP contribution in [0.5, 0.6) is 0 Å². The Bertz CT molecular complexity index is 1390. The minimum atomic E-state index is -3.69. The Kier molecular flexibility index (Phi) is 4.07. The highest BCUT2D eigenvalue weighted by Crippen LogP contribution is 2.55. The summed E-state index contributed by atoms with van der Waals surface area (Å²) in [5.41, 5.74) is -0.954. The zero-order valence-electron chi connectivity index (χ0n) is 16.3. The zero-order chi connectivity index (χ0) is 22.0. The number of sulfone groups is 1. The molecule has 0 saturated heterocycles. The molecule has 5 rings (SSSR count). The first-order valence-electron chi connectivity index (χ1n) is 9.41. The SMILES string of the molecule is CS(=O)(=O)c1cnc2n1C1(CC1)C(=O)N2c1c(F)cc(C#Cc2ccccc2)cc1F. The molecule has 0 bridgehead atoms. The maximum atomic E-state index is 15.0. The lowest BCUT2D eigenvalue weighted by atomic mass is 10.1. The van der Waals surface area contributed by atoms with E-state index in [-0.39, 0.29) is 16.5 Å². The van der Waals surface area contributed by atoms with Gasteiger partial charge in [0, 0.05) is 17.4 Å². The molecule has 1 aromatic heterocycles. The second kappa shape index (κ2) is 6.49.